The SMILES string of the molecule is CN(CC(=N)N)C(=O)Nc1ccc(C(F)(F)F)cc1. The summed E-state index contributed by atoms with van der Waals surface area (Å²) < 4.78 is 37.0. The molecule has 19 heavy (non-hydrogen) atoms. The molecule has 0 aliphatic heterocycles. The van der Waals surface area contributed by atoms with E-state index in [1.807, 2.05) is 0 Å². The number of urea groups is 1. The molecule has 1 aromatic carbocycles. The zero-order valence-corrected chi connectivity index (χ0v) is 10.1. The third-order valence-electron chi connectivity index (χ3n) is 2.22. The van der Waals surface area contributed by atoms with Crippen molar-refractivity contribution in [3.05, 3.63) is 29.8 Å². The molecule has 0 bridgehead atoms. The second-order valence-electron chi connectivity index (χ2n) is 3.89. The Morgan fingerprint density at radius 2 is 1.89 bits per heavy atom. The summed E-state index contributed by atoms with van der Waals surface area (Å²) in [5, 5.41) is 9.42. The standard InChI is InChI=1S/C11H13F3N4O/c1-18(6-9(15)16)10(19)17-8-4-2-7(3-5-8)11(12,13)14/h2-5H,6H2,1H3,(H3,15,16)(H,17,19). The highest BCUT2D eigenvalue weighted by atomic mass is 19.4. The van der Waals surface area contributed by atoms with Crippen molar-refractivity contribution in [2.75, 3.05) is 18.9 Å². The van der Waals surface area contributed by atoms with Gasteiger partial charge in [0.1, 0.15) is 5.84 Å². The number of halogens is 3. The summed E-state index contributed by atoms with van der Waals surface area (Å²) in [4.78, 5) is 12.7. The second kappa shape index (κ2) is 5.59. The second-order valence-corrected chi connectivity index (χ2v) is 3.89. The number of hydrogen-bond donors (Lipinski definition) is 3. The number of carbonyl (C=O) groups is 1. The van der Waals surface area contributed by atoms with Gasteiger partial charge in [0.25, 0.3) is 0 Å². The molecule has 104 valence electrons. The fraction of sp³-hybridized carbons (Fsp3) is 0.273. The number of hydrogen-bond acceptors (Lipinski definition) is 2. The predicted molar refractivity (Wildman–Crippen MR) is 65.0 cm³/mol. The Morgan fingerprint density at radius 3 is 2.32 bits per heavy atom. The van der Waals surface area contributed by atoms with Gasteiger partial charge in [0, 0.05) is 12.7 Å². The molecule has 0 heterocycles. The summed E-state index contributed by atoms with van der Waals surface area (Å²) in [6, 6.07) is 3.50. The van der Waals surface area contributed by atoms with E-state index in [0.717, 1.165) is 29.2 Å². The number of nitrogens with one attached hydrogen (secondary N) is 2. The van der Waals surface area contributed by atoms with Crippen LogP contribution in [-0.2, 0) is 6.18 Å². The highest BCUT2D eigenvalue weighted by molar-refractivity contribution is 5.92. The lowest BCUT2D eigenvalue weighted by molar-refractivity contribution is -0.137. The van der Waals surface area contributed by atoms with Gasteiger partial charge in [-0.05, 0) is 24.3 Å². The Hall–Kier alpha value is -2.25. The Bertz CT molecular complexity index is 470. The van der Waals surface area contributed by atoms with E-state index in [4.69, 9.17) is 11.1 Å². The molecule has 0 spiro atoms. The molecule has 0 aliphatic rings. The highest BCUT2D eigenvalue weighted by Gasteiger charge is 2.30. The fourth-order valence-electron chi connectivity index (χ4n) is 1.29. The lowest BCUT2D eigenvalue weighted by Crippen LogP contribution is -2.37. The molecule has 8 heteroatoms. The Labute approximate surface area is 107 Å². The van der Waals surface area contributed by atoms with Gasteiger partial charge in [-0.15, -0.1) is 0 Å². The van der Waals surface area contributed by atoms with Crippen LogP contribution >= 0.6 is 0 Å². The van der Waals surface area contributed by atoms with E-state index < -0.39 is 17.8 Å². The van der Waals surface area contributed by atoms with Crippen LogP contribution in [0.5, 0.6) is 0 Å². The first-order valence-corrected chi connectivity index (χ1v) is 5.22. The molecule has 5 nitrogen and oxygen atoms in total. The first kappa shape index (κ1) is 14.8. The number of likely N-dealkylation sites (N-methyl/N-ethyl adjacent to an activating group) is 1. The van der Waals surface area contributed by atoms with Gasteiger partial charge in [-0.25, -0.2) is 4.79 Å². The molecule has 0 saturated heterocycles. The van der Waals surface area contributed by atoms with Crippen LogP contribution in [0.3, 0.4) is 0 Å². The zero-order chi connectivity index (χ0) is 14.6. The minimum absolute atomic E-state index is 0.0630. The summed E-state index contributed by atoms with van der Waals surface area (Å²) in [7, 11) is 1.42. The summed E-state index contributed by atoms with van der Waals surface area (Å²) in [6.07, 6.45) is -4.41. The van der Waals surface area contributed by atoms with Gasteiger partial charge >= 0.3 is 12.2 Å². The smallest absolute Gasteiger partial charge is 0.386 e. The van der Waals surface area contributed by atoms with Crippen molar-refractivity contribution < 1.29 is 18.0 Å². The Balaban J connectivity index is 2.68. The monoisotopic (exact) mass is 274 g/mol. The van der Waals surface area contributed by atoms with E-state index in [-0.39, 0.29) is 18.1 Å². The number of amidine groups is 1. The number of alkyl halides is 3. The number of amides is 2. The summed E-state index contributed by atoms with van der Waals surface area (Å²) in [5.41, 5.74) is 4.57. The zero-order valence-electron chi connectivity index (χ0n) is 10.1. The van der Waals surface area contributed by atoms with Gasteiger partial charge in [-0.1, -0.05) is 0 Å². The topological polar surface area (TPSA) is 82.2 Å². The van der Waals surface area contributed by atoms with Gasteiger partial charge in [-0.3, -0.25) is 5.41 Å². The van der Waals surface area contributed by atoms with E-state index in [9.17, 15) is 18.0 Å². The third kappa shape index (κ3) is 4.49. The molecule has 0 aliphatic carbocycles. The summed E-state index contributed by atoms with van der Waals surface area (Å²) in [6.45, 7) is -0.0630. The molecule has 0 radical (unpaired) electrons. The van der Waals surface area contributed by atoms with Crippen LogP contribution in [0.4, 0.5) is 23.7 Å². The summed E-state index contributed by atoms with van der Waals surface area (Å²) in [5.74, 6) is -0.190. The maximum atomic E-state index is 12.3. The molecule has 4 N–H and O–H groups in total. The Morgan fingerprint density at radius 1 is 1.37 bits per heavy atom. The van der Waals surface area contributed by atoms with E-state index >= 15 is 0 Å². The largest absolute Gasteiger partial charge is 0.416 e. The van der Waals surface area contributed by atoms with Crippen LogP contribution in [-0.4, -0.2) is 30.4 Å². The molecule has 0 unspecified atom stereocenters. The van der Waals surface area contributed by atoms with E-state index in [1.54, 1.807) is 0 Å². The van der Waals surface area contributed by atoms with Crippen LogP contribution < -0.4 is 11.1 Å². The van der Waals surface area contributed by atoms with Crippen molar-refractivity contribution in [2.24, 2.45) is 5.73 Å². The molecule has 2 amide bonds. The number of benzene rings is 1. The van der Waals surface area contributed by atoms with Gasteiger partial charge < -0.3 is 16.0 Å². The van der Waals surface area contributed by atoms with Gasteiger partial charge in [0.15, 0.2) is 0 Å². The number of rotatable bonds is 3. The van der Waals surface area contributed by atoms with Crippen molar-refractivity contribution in [1.82, 2.24) is 4.90 Å². The lowest BCUT2D eigenvalue weighted by atomic mass is 10.2. The van der Waals surface area contributed by atoms with E-state index in [2.05, 4.69) is 5.32 Å². The quantitative estimate of drug-likeness (QED) is 0.582. The number of nitrogens with two attached hydrogens (primary N) is 1. The number of carbonyl (C=O) groups excluding carboxylic acids is 1. The predicted octanol–water partition coefficient (Wildman–Crippen LogP) is 2.11. The van der Waals surface area contributed by atoms with Crippen molar-refractivity contribution in [2.45, 2.75) is 6.18 Å². The van der Waals surface area contributed by atoms with Crippen molar-refractivity contribution >= 4 is 17.6 Å². The molecular formula is C11H13F3N4O. The van der Waals surface area contributed by atoms with Gasteiger partial charge in [0.05, 0.1) is 12.1 Å². The number of nitrogens with zero attached hydrogens (tertiary/aromatic N) is 1. The van der Waals surface area contributed by atoms with Crippen molar-refractivity contribution in [1.29, 1.82) is 5.41 Å². The highest BCUT2D eigenvalue weighted by Crippen LogP contribution is 2.29. The van der Waals surface area contributed by atoms with Crippen LogP contribution in [0.15, 0.2) is 24.3 Å². The summed E-state index contributed by atoms with van der Waals surface area (Å²) >= 11 is 0. The van der Waals surface area contributed by atoms with Gasteiger partial charge in [0.2, 0.25) is 0 Å². The first-order chi connectivity index (χ1) is 8.70. The first-order valence-electron chi connectivity index (χ1n) is 5.22. The molecule has 0 saturated carbocycles. The normalized spacial score (nSPS) is 10.9. The molecule has 0 atom stereocenters. The van der Waals surface area contributed by atoms with Crippen LogP contribution in [0.25, 0.3) is 0 Å². The molecule has 0 fully saturated rings. The minimum atomic E-state index is -4.41. The third-order valence-corrected chi connectivity index (χ3v) is 2.22. The van der Waals surface area contributed by atoms with Crippen molar-refractivity contribution in [3.8, 4) is 0 Å². The average Bonchev–Trinajstić information content (AvgIpc) is 2.27. The lowest BCUT2D eigenvalue weighted by Gasteiger charge is -2.17. The van der Waals surface area contributed by atoms with Crippen LogP contribution in [0.2, 0.25) is 0 Å². The molecular weight excluding hydrogens is 261 g/mol. The van der Waals surface area contributed by atoms with Crippen molar-refractivity contribution in [3.63, 3.8) is 0 Å². The maximum Gasteiger partial charge on any atom is 0.416 e. The fourth-order valence-corrected chi connectivity index (χ4v) is 1.29. The number of anilines is 1. The van der Waals surface area contributed by atoms with E-state index in [0.29, 0.717) is 0 Å². The van der Waals surface area contributed by atoms with Gasteiger partial charge in [-0.2, -0.15) is 13.2 Å². The Kier molecular flexibility index (Phi) is 4.36. The average molecular weight is 274 g/mol. The van der Waals surface area contributed by atoms with E-state index in [1.165, 1.54) is 7.05 Å². The molecule has 1 rings (SSSR count). The molecule has 1 aromatic rings. The van der Waals surface area contributed by atoms with Crippen LogP contribution in [0, 0.1) is 5.41 Å². The van der Waals surface area contributed by atoms with Crippen LogP contribution in [0.1, 0.15) is 5.56 Å². The molecule has 0 aromatic heterocycles. The minimum Gasteiger partial charge on any atom is -0.386 e. The maximum absolute atomic E-state index is 12.3.